The Kier molecular flexibility index (Phi) is 4.68. The molecular weight excluding hydrogens is 392 g/mol. The van der Waals surface area contributed by atoms with Crippen LogP contribution in [0, 0.1) is 0 Å². The number of fused-ring (bicyclic) bond motifs is 1. The fourth-order valence-electron chi connectivity index (χ4n) is 4.23. The number of nitrogens with zero attached hydrogens (tertiary/aromatic N) is 1. The van der Waals surface area contributed by atoms with E-state index in [0.29, 0.717) is 0 Å². The van der Waals surface area contributed by atoms with Crippen molar-refractivity contribution in [2.75, 3.05) is 14.2 Å². The van der Waals surface area contributed by atoms with Gasteiger partial charge in [-0.15, -0.1) is 11.3 Å². The van der Waals surface area contributed by atoms with Crippen molar-refractivity contribution < 1.29 is 9.47 Å². The van der Waals surface area contributed by atoms with Gasteiger partial charge >= 0.3 is 0 Å². The molecular formula is C25H22N2O2S. The predicted octanol–water partition coefficient (Wildman–Crippen LogP) is 5.71. The van der Waals surface area contributed by atoms with Crippen molar-refractivity contribution in [2.24, 2.45) is 0 Å². The summed E-state index contributed by atoms with van der Waals surface area (Å²) < 4.78 is 11.1. The van der Waals surface area contributed by atoms with Gasteiger partial charge in [-0.25, -0.2) is 0 Å². The molecule has 0 fully saturated rings. The molecule has 2 aromatic carbocycles. The molecule has 1 N–H and O–H groups in total. The van der Waals surface area contributed by atoms with Crippen LogP contribution < -0.4 is 9.47 Å². The molecule has 0 saturated carbocycles. The summed E-state index contributed by atoms with van der Waals surface area (Å²) in [5.41, 5.74) is 5.30. The normalized spacial score (nSPS) is 14.3. The van der Waals surface area contributed by atoms with Gasteiger partial charge in [-0.2, -0.15) is 5.10 Å². The minimum Gasteiger partial charge on any atom is -0.497 e. The molecule has 2 aromatic heterocycles. The van der Waals surface area contributed by atoms with Gasteiger partial charge in [0.1, 0.15) is 17.2 Å². The van der Waals surface area contributed by atoms with Crippen molar-refractivity contribution >= 4 is 17.4 Å². The summed E-state index contributed by atoms with van der Waals surface area (Å²) >= 11 is 1.71. The molecule has 4 nitrogen and oxygen atoms in total. The number of aromatic amines is 1. The summed E-state index contributed by atoms with van der Waals surface area (Å²) in [6.45, 7) is 0. The van der Waals surface area contributed by atoms with Crippen molar-refractivity contribution in [3.63, 3.8) is 0 Å². The Morgan fingerprint density at radius 3 is 2.23 bits per heavy atom. The maximum absolute atomic E-state index is 5.53. The second kappa shape index (κ2) is 7.50. The number of methoxy groups -OCH3 is 2. The number of benzene rings is 2. The lowest BCUT2D eigenvalue weighted by Crippen LogP contribution is -2.30. The monoisotopic (exact) mass is 414 g/mol. The van der Waals surface area contributed by atoms with Crippen LogP contribution in [0.15, 0.2) is 72.1 Å². The van der Waals surface area contributed by atoms with E-state index in [4.69, 9.17) is 9.47 Å². The Labute approximate surface area is 179 Å². The summed E-state index contributed by atoms with van der Waals surface area (Å²) in [4.78, 5) is 1.17. The van der Waals surface area contributed by atoms with Gasteiger partial charge in [-0.1, -0.05) is 42.5 Å². The van der Waals surface area contributed by atoms with Crippen LogP contribution in [0.2, 0.25) is 0 Å². The number of hydrogen-bond acceptors (Lipinski definition) is 4. The fourth-order valence-corrected chi connectivity index (χ4v) is 4.96. The topological polar surface area (TPSA) is 47.1 Å². The average Bonchev–Trinajstić information content (AvgIpc) is 3.48. The number of nitrogens with one attached hydrogen (secondary N) is 1. The molecule has 0 spiro atoms. The molecule has 0 amide bonds. The smallest absolute Gasteiger partial charge is 0.119 e. The van der Waals surface area contributed by atoms with Gasteiger partial charge in [-0.3, -0.25) is 5.10 Å². The van der Waals surface area contributed by atoms with E-state index in [-0.39, 0.29) is 5.41 Å². The minimum absolute atomic E-state index is 0.352. The molecule has 0 aliphatic heterocycles. The van der Waals surface area contributed by atoms with E-state index in [9.17, 15) is 0 Å². The molecule has 0 saturated heterocycles. The van der Waals surface area contributed by atoms with Crippen LogP contribution in [-0.2, 0) is 11.8 Å². The zero-order valence-electron chi connectivity index (χ0n) is 16.9. The lowest BCUT2D eigenvalue weighted by molar-refractivity contribution is 0.411. The molecule has 0 radical (unpaired) electrons. The van der Waals surface area contributed by atoms with Gasteiger partial charge in [0.2, 0.25) is 0 Å². The standard InChI is InChI=1S/C25H22N2O2S/c1-28-19-8-3-6-17(14-19)25(18-7-4-9-20(15-18)29-2)12-11-21-22(16-25)26-27-24(21)23-10-5-13-30-23/h3-15H,16H2,1-2H3,(H,26,27). The van der Waals surface area contributed by atoms with Crippen molar-refractivity contribution in [3.8, 4) is 22.1 Å². The van der Waals surface area contributed by atoms with Crippen LogP contribution in [0.1, 0.15) is 22.4 Å². The third-order valence-corrected chi connectivity index (χ3v) is 6.67. The van der Waals surface area contributed by atoms with E-state index in [1.807, 2.05) is 24.3 Å². The highest BCUT2D eigenvalue weighted by atomic mass is 32.1. The summed E-state index contributed by atoms with van der Waals surface area (Å²) in [6.07, 6.45) is 5.28. The highest BCUT2D eigenvalue weighted by Gasteiger charge is 2.37. The molecule has 5 heteroatoms. The minimum atomic E-state index is -0.352. The summed E-state index contributed by atoms with van der Waals surface area (Å²) in [7, 11) is 3.41. The lowest BCUT2D eigenvalue weighted by Gasteiger charge is -2.35. The fraction of sp³-hybridized carbons (Fsp3) is 0.160. The molecule has 0 atom stereocenters. The molecule has 1 aliphatic carbocycles. The Balaban J connectivity index is 1.68. The highest BCUT2D eigenvalue weighted by Crippen LogP contribution is 2.44. The Morgan fingerprint density at radius 1 is 0.933 bits per heavy atom. The number of H-pyrrole nitrogens is 1. The maximum atomic E-state index is 5.53. The van der Waals surface area contributed by atoms with E-state index in [0.717, 1.165) is 29.3 Å². The number of allylic oxidation sites excluding steroid dienone is 1. The van der Waals surface area contributed by atoms with Crippen LogP contribution in [0.25, 0.3) is 16.6 Å². The molecule has 150 valence electrons. The van der Waals surface area contributed by atoms with Crippen LogP contribution in [-0.4, -0.2) is 24.4 Å². The molecule has 30 heavy (non-hydrogen) atoms. The Hall–Kier alpha value is -3.31. The van der Waals surface area contributed by atoms with Crippen LogP contribution in [0.4, 0.5) is 0 Å². The second-order valence-electron chi connectivity index (χ2n) is 7.39. The molecule has 5 rings (SSSR count). The number of ether oxygens (including phenoxy) is 2. The first-order chi connectivity index (χ1) is 14.7. The molecule has 0 bridgehead atoms. The third kappa shape index (κ3) is 3.02. The van der Waals surface area contributed by atoms with Gasteiger partial charge in [0.05, 0.1) is 19.1 Å². The van der Waals surface area contributed by atoms with E-state index in [1.54, 1.807) is 25.6 Å². The molecule has 1 aliphatic rings. The number of aromatic nitrogens is 2. The van der Waals surface area contributed by atoms with Crippen molar-refractivity contribution in [2.45, 2.75) is 11.8 Å². The number of hydrogen-bond donors (Lipinski definition) is 1. The number of thiophene rings is 1. The number of rotatable bonds is 5. The first kappa shape index (κ1) is 18.7. The third-order valence-electron chi connectivity index (χ3n) is 5.80. The van der Waals surface area contributed by atoms with E-state index in [2.05, 4.69) is 64.1 Å². The zero-order valence-corrected chi connectivity index (χ0v) is 17.7. The zero-order chi connectivity index (χ0) is 20.6. The SMILES string of the molecule is COc1cccc(C2(c3cccc(OC)c3)C=Cc3c(-c4cccs4)n[nH]c3C2)c1. The maximum Gasteiger partial charge on any atom is 0.119 e. The second-order valence-corrected chi connectivity index (χ2v) is 8.33. The molecule has 4 aromatic rings. The van der Waals surface area contributed by atoms with E-state index in [1.165, 1.54) is 21.6 Å². The van der Waals surface area contributed by atoms with Crippen molar-refractivity contribution in [1.29, 1.82) is 0 Å². The summed E-state index contributed by atoms with van der Waals surface area (Å²) in [5.74, 6) is 1.69. The van der Waals surface area contributed by atoms with Gasteiger partial charge in [0.25, 0.3) is 0 Å². The largest absolute Gasteiger partial charge is 0.497 e. The lowest BCUT2D eigenvalue weighted by atomic mass is 9.68. The van der Waals surface area contributed by atoms with Gasteiger partial charge in [-0.05, 0) is 46.8 Å². The summed E-state index contributed by atoms with van der Waals surface area (Å²) in [5, 5.41) is 10.0. The van der Waals surface area contributed by atoms with Crippen LogP contribution in [0.3, 0.4) is 0 Å². The quantitative estimate of drug-likeness (QED) is 0.455. The van der Waals surface area contributed by atoms with Crippen molar-refractivity contribution in [3.05, 3.63) is 94.5 Å². The van der Waals surface area contributed by atoms with E-state index < -0.39 is 0 Å². The van der Waals surface area contributed by atoms with Crippen molar-refractivity contribution in [1.82, 2.24) is 10.2 Å². The summed E-state index contributed by atoms with van der Waals surface area (Å²) in [6, 6.07) is 20.8. The van der Waals surface area contributed by atoms with Gasteiger partial charge < -0.3 is 9.47 Å². The van der Waals surface area contributed by atoms with Crippen LogP contribution in [0.5, 0.6) is 11.5 Å². The van der Waals surface area contributed by atoms with Crippen LogP contribution >= 0.6 is 11.3 Å². The average molecular weight is 415 g/mol. The molecule has 2 heterocycles. The van der Waals surface area contributed by atoms with Gasteiger partial charge in [0, 0.05) is 23.1 Å². The first-order valence-electron chi connectivity index (χ1n) is 9.83. The predicted molar refractivity (Wildman–Crippen MR) is 121 cm³/mol. The Morgan fingerprint density at radius 2 is 1.63 bits per heavy atom. The van der Waals surface area contributed by atoms with E-state index >= 15 is 0 Å². The van der Waals surface area contributed by atoms with Gasteiger partial charge in [0.15, 0.2) is 0 Å². The first-order valence-corrected chi connectivity index (χ1v) is 10.7. The highest BCUT2D eigenvalue weighted by molar-refractivity contribution is 7.13. The molecule has 0 unspecified atom stereocenters. The Bertz CT molecular complexity index is 1160.